The highest BCUT2D eigenvalue weighted by Crippen LogP contribution is 2.32. The monoisotopic (exact) mass is 317 g/mol. The summed E-state index contributed by atoms with van der Waals surface area (Å²) in [5.41, 5.74) is 0.891. The van der Waals surface area contributed by atoms with E-state index in [1.54, 1.807) is 17.8 Å². The van der Waals surface area contributed by atoms with Crippen LogP contribution in [0.15, 0.2) is 24.5 Å². The molecule has 2 aromatic heterocycles. The maximum atomic E-state index is 13.2. The molecule has 7 nitrogen and oxygen atoms in total. The van der Waals surface area contributed by atoms with Crippen LogP contribution in [0.25, 0.3) is 5.52 Å². The highest BCUT2D eigenvalue weighted by Gasteiger charge is 2.46. The predicted molar refractivity (Wildman–Crippen MR) is 81.8 cm³/mol. The topological polar surface area (TPSA) is 65.3 Å². The molecule has 1 spiro atoms. The van der Waals surface area contributed by atoms with Crippen LogP contribution >= 0.6 is 0 Å². The number of pyridine rings is 1. The molecule has 1 atom stereocenters. The third kappa shape index (κ3) is 2.19. The molecule has 0 bridgehead atoms. The molecule has 0 N–H and O–H groups in total. The zero-order chi connectivity index (χ0) is 15.9. The number of morpholine rings is 1. The van der Waals surface area contributed by atoms with Gasteiger partial charge < -0.3 is 19.1 Å². The van der Waals surface area contributed by atoms with E-state index >= 15 is 0 Å². The van der Waals surface area contributed by atoms with Crippen LogP contribution in [0.4, 0.5) is 0 Å². The molecule has 4 heterocycles. The van der Waals surface area contributed by atoms with Gasteiger partial charge in [0.1, 0.15) is 11.3 Å². The first-order valence-electron chi connectivity index (χ1n) is 7.73. The fraction of sp³-hybridized carbons (Fsp3) is 0.500. The molecule has 0 aromatic carbocycles. The average molecular weight is 317 g/mol. The van der Waals surface area contributed by atoms with Gasteiger partial charge in [0, 0.05) is 19.3 Å². The largest absolute Gasteiger partial charge is 0.494 e. The van der Waals surface area contributed by atoms with E-state index in [9.17, 15) is 4.79 Å². The van der Waals surface area contributed by atoms with E-state index in [2.05, 4.69) is 5.10 Å². The van der Waals surface area contributed by atoms with E-state index in [0.29, 0.717) is 49.8 Å². The minimum absolute atomic E-state index is 0.0432. The second kappa shape index (κ2) is 5.50. The molecule has 0 saturated carbocycles. The first-order valence-corrected chi connectivity index (χ1v) is 7.73. The van der Waals surface area contributed by atoms with Gasteiger partial charge in [-0.05, 0) is 18.6 Å². The molecular weight excluding hydrogens is 298 g/mol. The second-order valence-electron chi connectivity index (χ2n) is 5.96. The first-order chi connectivity index (χ1) is 11.2. The number of methoxy groups -OCH3 is 1. The summed E-state index contributed by atoms with van der Waals surface area (Å²) in [6, 6.07) is 3.68. The van der Waals surface area contributed by atoms with Crippen LogP contribution in [0.5, 0.6) is 5.75 Å². The molecule has 2 aromatic rings. The van der Waals surface area contributed by atoms with Crippen LogP contribution < -0.4 is 4.74 Å². The lowest BCUT2D eigenvalue weighted by Crippen LogP contribution is -2.59. The van der Waals surface area contributed by atoms with E-state index in [1.807, 2.05) is 23.2 Å². The number of ether oxygens (including phenoxy) is 3. The van der Waals surface area contributed by atoms with Crippen molar-refractivity contribution < 1.29 is 19.0 Å². The molecule has 0 aliphatic carbocycles. The minimum Gasteiger partial charge on any atom is -0.494 e. The van der Waals surface area contributed by atoms with Gasteiger partial charge in [0.25, 0.3) is 5.91 Å². The Morgan fingerprint density at radius 1 is 1.35 bits per heavy atom. The second-order valence-corrected chi connectivity index (χ2v) is 5.96. The van der Waals surface area contributed by atoms with E-state index < -0.39 is 0 Å². The van der Waals surface area contributed by atoms with Crippen LogP contribution in [-0.4, -0.2) is 66.0 Å². The van der Waals surface area contributed by atoms with Crippen molar-refractivity contribution in [3.8, 4) is 5.75 Å². The summed E-state index contributed by atoms with van der Waals surface area (Å²) < 4.78 is 18.2. The van der Waals surface area contributed by atoms with Crippen LogP contribution in [0.3, 0.4) is 0 Å². The number of aromatic nitrogens is 2. The Balaban J connectivity index is 1.76. The lowest BCUT2D eigenvalue weighted by molar-refractivity contribution is -0.0550. The van der Waals surface area contributed by atoms with Crippen LogP contribution in [0.1, 0.15) is 16.8 Å². The van der Waals surface area contributed by atoms with Gasteiger partial charge in [-0.15, -0.1) is 0 Å². The van der Waals surface area contributed by atoms with Gasteiger partial charge in [0.05, 0.1) is 44.2 Å². The van der Waals surface area contributed by atoms with Crippen LogP contribution in [-0.2, 0) is 9.47 Å². The summed E-state index contributed by atoms with van der Waals surface area (Å²) >= 11 is 0. The molecule has 1 amide bonds. The Labute approximate surface area is 133 Å². The van der Waals surface area contributed by atoms with Crippen molar-refractivity contribution in [2.75, 3.05) is 40.1 Å². The molecular formula is C16H19N3O4. The number of rotatable bonds is 2. The van der Waals surface area contributed by atoms with Gasteiger partial charge in [-0.25, -0.2) is 4.52 Å². The van der Waals surface area contributed by atoms with Crippen LogP contribution in [0, 0.1) is 0 Å². The molecule has 7 heteroatoms. The summed E-state index contributed by atoms with van der Waals surface area (Å²) in [7, 11) is 1.59. The van der Waals surface area contributed by atoms with E-state index in [1.165, 1.54) is 0 Å². The fourth-order valence-corrected chi connectivity index (χ4v) is 3.45. The van der Waals surface area contributed by atoms with Gasteiger partial charge in [-0.3, -0.25) is 4.79 Å². The van der Waals surface area contributed by atoms with Gasteiger partial charge in [-0.1, -0.05) is 0 Å². The SMILES string of the molecule is COc1cccn2ncc(C(=O)N3CCOCC34CCOC4)c12. The summed E-state index contributed by atoms with van der Waals surface area (Å²) in [5, 5.41) is 4.28. The number of hydrogen-bond acceptors (Lipinski definition) is 5. The third-order valence-corrected chi connectivity index (χ3v) is 4.68. The molecule has 1 unspecified atom stereocenters. The van der Waals surface area contributed by atoms with Crippen LogP contribution in [0.2, 0.25) is 0 Å². The Kier molecular flexibility index (Phi) is 3.46. The number of carbonyl (C=O) groups is 1. The van der Waals surface area contributed by atoms with Crippen molar-refractivity contribution in [1.82, 2.24) is 14.5 Å². The number of fused-ring (bicyclic) bond motifs is 1. The Morgan fingerprint density at radius 2 is 2.17 bits per heavy atom. The minimum atomic E-state index is -0.356. The molecule has 2 aliphatic heterocycles. The van der Waals surface area contributed by atoms with Crippen molar-refractivity contribution in [3.63, 3.8) is 0 Å². The highest BCUT2D eigenvalue weighted by atomic mass is 16.5. The molecule has 23 heavy (non-hydrogen) atoms. The summed E-state index contributed by atoms with van der Waals surface area (Å²) in [6.07, 6.45) is 4.22. The predicted octanol–water partition coefficient (Wildman–Crippen LogP) is 0.974. The van der Waals surface area contributed by atoms with E-state index in [-0.39, 0.29) is 11.4 Å². The average Bonchev–Trinajstić information content (AvgIpc) is 3.22. The highest BCUT2D eigenvalue weighted by molar-refractivity contribution is 6.02. The van der Waals surface area contributed by atoms with Crippen molar-refractivity contribution in [3.05, 3.63) is 30.1 Å². The summed E-state index contributed by atoms with van der Waals surface area (Å²) in [6.45, 7) is 2.81. The van der Waals surface area contributed by atoms with Gasteiger partial charge in [0.2, 0.25) is 0 Å². The maximum Gasteiger partial charge on any atom is 0.258 e. The summed E-state index contributed by atoms with van der Waals surface area (Å²) in [5.74, 6) is 0.594. The Bertz CT molecular complexity index is 736. The Morgan fingerprint density at radius 3 is 2.96 bits per heavy atom. The lowest BCUT2D eigenvalue weighted by Gasteiger charge is -2.43. The van der Waals surface area contributed by atoms with Crippen molar-refractivity contribution >= 4 is 11.4 Å². The molecule has 2 saturated heterocycles. The van der Waals surface area contributed by atoms with Gasteiger partial charge in [-0.2, -0.15) is 5.10 Å². The summed E-state index contributed by atoms with van der Waals surface area (Å²) in [4.78, 5) is 15.1. The smallest absolute Gasteiger partial charge is 0.258 e. The maximum absolute atomic E-state index is 13.2. The van der Waals surface area contributed by atoms with Crippen molar-refractivity contribution in [2.24, 2.45) is 0 Å². The quantitative estimate of drug-likeness (QED) is 0.826. The number of amides is 1. The molecule has 2 fully saturated rings. The zero-order valence-electron chi connectivity index (χ0n) is 13.0. The first kappa shape index (κ1) is 14.5. The zero-order valence-corrected chi connectivity index (χ0v) is 13.0. The van der Waals surface area contributed by atoms with E-state index in [4.69, 9.17) is 14.2 Å². The molecule has 0 radical (unpaired) electrons. The number of nitrogens with zero attached hydrogens (tertiary/aromatic N) is 3. The third-order valence-electron chi connectivity index (χ3n) is 4.68. The van der Waals surface area contributed by atoms with Gasteiger partial charge in [0.15, 0.2) is 0 Å². The number of carbonyl (C=O) groups excluding carboxylic acids is 1. The molecule has 4 rings (SSSR count). The lowest BCUT2D eigenvalue weighted by atomic mass is 9.95. The molecule has 122 valence electrons. The molecule has 2 aliphatic rings. The fourth-order valence-electron chi connectivity index (χ4n) is 3.45. The normalized spacial score (nSPS) is 24.5. The Hall–Kier alpha value is -2.12. The van der Waals surface area contributed by atoms with E-state index in [0.717, 1.165) is 6.42 Å². The van der Waals surface area contributed by atoms with Crippen molar-refractivity contribution in [1.29, 1.82) is 0 Å². The van der Waals surface area contributed by atoms with Gasteiger partial charge >= 0.3 is 0 Å². The van der Waals surface area contributed by atoms with Crippen molar-refractivity contribution in [2.45, 2.75) is 12.0 Å². The standard InChI is InChI=1S/C16H19N3O4/c1-21-13-3-2-5-19-14(13)12(9-17-19)15(20)18-6-8-23-11-16(18)4-7-22-10-16/h2-3,5,9H,4,6-8,10-11H2,1H3. The number of hydrogen-bond donors (Lipinski definition) is 0.